The molecule has 2 aromatic rings. The molecular formula is C20H19N3O6. The SMILES string of the molecule is CCOC(=O)c1c2c(n(C)c1C)C(=Nc1ccc([N+](=O)[O-])cc1)C=C(OC)C2=O. The Balaban J connectivity index is 2.21. The minimum absolute atomic E-state index is 0.0364. The molecule has 29 heavy (non-hydrogen) atoms. The molecule has 1 aliphatic carbocycles. The molecule has 0 atom stereocenters. The summed E-state index contributed by atoms with van der Waals surface area (Å²) in [5.41, 5.74) is 2.15. The van der Waals surface area contributed by atoms with E-state index >= 15 is 0 Å². The van der Waals surface area contributed by atoms with Gasteiger partial charge in [-0.25, -0.2) is 9.79 Å². The van der Waals surface area contributed by atoms with Crippen LogP contribution in [-0.2, 0) is 16.5 Å². The van der Waals surface area contributed by atoms with Crippen LogP contribution in [0.4, 0.5) is 11.4 Å². The van der Waals surface area contributed by atoms with Gasteiger partial charge in [0.2, 0.25) is 5.78 Å². The number of nitro benzene ring substituents is 1. The largest absolute Gasteiger partial charge is 0.493 e. The molecule has 9 heteroatoms. The summed E-state index contributed by atoms with van der Waals surface area (Å²) in [6, 6.07) is 5.69. The number of benzene rings is 1. The second-order valence-corrected chi connectivity index (χ2v) is 6.28. The van der Waals surface area contributed by atoms with Gasteiger partial charge in [-0.05, 0) is 26.0 Å². The third-order valence-electron chi connectivity index (χ3n) is 4.66. The van der Waals surface area contributed by atoms with Crippen LogP contribution in [0.2, 0.25) is 0 Å². The number of carbonyl (C=O) groups excluding carboxylic acids is 2. The number of allylic oxidation sites excluding steroid dienone is 2. The molecule has 1 aromatic heterocycles. The van der Waals surface area contributed by atoms with Crippen molar-refractivity contribution in [1.29, 1.82) is 0 Å². The summed E-state index contributed by atoms with van der Waals surface area (Å²) in [5, 5.41) is 10.8. The second kappa shape index (κ2) is 7.70. The molecule has 0 saturated heterocycles. The maximum atomic E-state index is 12.9. The van der Waals surface area contributed by atoms with Crippen molar-refractivity contribution in [2.45, 2.75) is 13.8 Å². The molecule has 1 aliphatic rings. The summed E-state index contributed by atoms with van der Waals surface area (Å²) in [6.07, 6.45) is 1.49. The van der Waals surface area contributed by atoms with Crippen molar-refractivity contribution in [2.75, 3.05) is 13.7 Å². The lowest BCUT2D eigenvalue weighted by Gasteiger charge is -2.16. The van der Waals surface area contributed by atoms with Crippen molar-refractivity contribution >= 4 is 28.8 Å². The predicted molar refractivity (Wildman–Crippen MR) is 105 cm³/mol. The summed E-state index contributed by atoms with van der Waals surface area (Å²) in [4.78, 5) is 40.3. The fourth-order valence-electron chi connectivity index (χ4n) is 3.18. The molecule has 0 radical (unpaired) electrons. The molecule has 150 valence electrons. The number of fused-ring (bicyclic) bond motifs is 1. The number of aromatic nitrogens is 1. The number of rotatable bonds is 5. The predicted octanol–water partition coefficient (Wildman–Crippen LogP) is 3.27. The van der Waals surface area contributed by atoms with Gasteiger partial charge < -0.3 is 14.0 Å². The number of ether oxygens (including phenoxy) is 2. The van der Waals surface area contributed by atoms with E-state index in [0.717, 1.165) is 0 Å². The van der Waals surface area contributed by atoms with E-state index in [1.807, 2.05) is 0 Å². The van der Waals surface area contributed by atoms with Gasteiger partial charge in [-0.1, -0.05) is 0 Å². The molecule has 0 saturated carbocycles. The molecule has 1 aromatic carbocycles. The lowest BCUT2D eigenvalue weighted by molar-refractivity contribution is -0.384. The van der Waals surface area contributed by atoms with Crippen molar-refractivity contribution in [3.8, 4) is 0 Å². The van der Waals surface area contributed by atoms with E-state index in [-0.39, 0.29) is 29.2 Å². The smallest absolute Gasteiger partial charge is 0.340 e. The van der Waals surface area contributed by atoms with E-state index < -0.39 is 16.7 Å². The maximum absolute atomic E-state index is 12.9. The molecule has 0 unspecified atom stereocenters. The monoisotopic (exact) mass is 397 g/mol. The Hall–Kier alpha value is -3.75. The summed E-state index contributed by atoms with van der Waals surface area (Å²) >= 11 is 0. The van der Waals surface area contributed by atoms with E-state index in [1.165, 1.54) is 37.5 Å². The highest BCUT2D eigenvalue weighted by molar-refractivity contribution is 6.28. The number of esters is 1. The Kier molecular flexibility index (Phi) is 5.31. The summed E-state index contributed by atoms with van der Waals surface area (Å²) in [6.45, 7) is 3.58. The molecule has 0 fully saturated rings. The first-order chi connectivity index (χ1) is 13.8. The number of aliphatic imine (C=N–C) groups is 1. The quantitative estimate of drug-likeness (QED) is 0.435. The Bertz CT molecular complexity index is 1080. The first kappa shape index (κ1) is 20.0. The number of ketones is 1. The molecule has 0 aliphatic heterocycles. The van der Waals surface area contributed by atoms with Gasteiger partial charge in [0.05, 0.1) is 46.9 Å². The zero-order valence-corrected chi connectivity index (χ0v) is 16.4. The highest BCUT2D eigenvalue weighted by Crippen LogP contribution is 2.32. The Labute approximate surface area is 166 Å². The Morgan fingerprint density at radius 3 is 2.48 bits per heavy atom. The zero-order chi connectivity index (χ0) is 21.3. The highest BCUT2D eigenvalue weighted by Gasteiger charge is 2.36. The molecule has 0 bridgehead atoms. The molecule has 0 amide bonds. The summed E-state index contributed by atoms with van der Waals surface area (Å²) in [7, 11) is 3.08. The maximum Gasteiger partial charge on any atom is 0.340 e. The van der Waals surface area contributed by atoms with E-state index in [2.05, 4.69) is 4.99 Å². The second-order valence-electron chi connectivity index (χ2n) is 6.28. The first-order valence-corrected chi connectivity index (χ1v) is 8.80. The lowest BCUT2D eigenvalue weighted by atomic mass is 9.95. The van der Waals surface area contributed by atoms with Gasteiger partial charge in [-0.3, -0.25) is 14.9 Å². The average molecular weight is 397 g/mol. The van der Waals surface area contributed by atoms with Crippen molar-refractivity contribution in [3.05, 3.63) is 68.7 Å². The number of nitro groups is 1. The number of hydrogen-bond donors (Lipinski definition) is 0. The molecule has 3 rings (SSSR count). The van der Waals surface area contributed by atoms with Crippen LogP contribution < -0.4 is 0 Å². The molecular weight excluding hydrogens is 378 g/mol. The van der Waals surface area contributed by atoms with Crippen LogP contribution in [0.5, 0.6) is 0 Å². The third kappa shape index (κ3) is 3.42. The standard InChI is InChI=1S/C20H19N3O6/c1-5-29-20(25)16-11(2)22(3)18-14(10-15(28-4)19(24)17(16)18)21-12-6-8-13(9-7-12)23(26)27/h6-10H,5H2,1-4H3. The van der Waals surface area contributed by atoms with E-state index in [4.69, 9.17) is 9.47 Å². The van der Waals surface area contributed by atoms with Gasteiger partial charge in [-0.2, -0.15) is 0 Å². The van der Waals surface area contributed by atoms with E-state index in [9.17, 15) is 19.7 Å². The number of hydrogen-bond acceptors (Lipinski definition) is 7. The third-order valence-corrected chi connectivity index (χ3v) is 4.66. The van der Waals surface area contributed by atoms with Crippen molar-refractivity contribution in [1.82, 2.24) is 4.57 Å². The van der Waals surface area contributed by atoms with Crippen LogP contribution >= 0.6 is 0 Å². The van der Waals surface area contributed by atoms with Crippen LogP contribution in [0.15, 0.2) is 41.1 Å². The fourth-order valence-corrected chi connectivity index (χ4v) is 3.18. The molecule has 0 N–H and O–H groups in total. The number of methoxy groups -OCH3 is 1. The zero-order valence-electron chi connectivity index (χ0n) is 16.4. The van der Waals surface area contributed by atoms with Crippen molar-refractivity contribution in [2.24, 2.45) is 12.0 Å². The first-order valence-electron chi connectivity index (χ1n) is 8.80. The summed E-state index contributed by atoms with van der Waals surface area (Å²) in [5.74, 6) is -0.992. The summed E-state index contributed by atoms with van der Waals surface area (Å²) < 4.78 is 12.0. The van der Waals surface area contributed by atoms with Crippen molar-refractivity contribution < 1.29 is 24.0 Å². The topological polar surface area (TPSA) is 113 Å². The van der Waals surface area contributed by atoms with Gasteiger partial charge in [0.15, 0.2) is 5.76 Å². The number of carbonyl (C=O) groups is 2. The van der Waals surface area contributed by atoms with Crippen LogP contribution in [0.25, 0.3) is 0 Å². The van der Waals surface area contributed by atoms with E-state index in [0.29, 0.717) is 22.8 Å². The minimum Gasteiger partial charge on any atom is -0.493 e. The Morgan fingerprint density at radius 1 is 1.28 bits per heavy atom. The molecule has 1 heterocycles. The number of Topliss-reactive ketones (excluding diaryl/α,β-unsaturated/α-hetero) is 1. The van der Waals surface area contributed by atoms with Crippen LogP contribution in [-0.4, -0.2) is 40.7 Å². The number of non-ortho nitro benzene ring substituents is 1. The van der Waals surface area contributed by atoms with Gasteiger partial charge in [0.1, 0.15) is 0 Å². The highest BCUT2D eigenvalue weighted by atomic mass is 16.6. The average Bonchev–Trinajstić information content (AvgIpc) is 2.96. The van der Waals surface area contributed by atoms with Crippen LogP contribution in [0, 0.1) is 17.0 Å². The number of nitrogens with zero attached hydrogens (tertiary/aromatic N) is 3. The minimum atomic E-state index is -0.595. The molecule has 0 spiro atoms. The normalized spacial score (nSPS) is 14.4. The Morgan fingerprint density at radius 2 is 1.93 bits per heavy atom. The van der Waals surface area contributed by atoms with Crippen molar-refractivity contribution in [3.63, 3.8) is 0 Å². The van der Waals surface area contributed by atoms with Gasteiger partial charge in [-0.15, -0.1) is 0 Å². The lowest BCUT2D eigenvalue weighted by Crippen LogP contribution is -2.21. The van der Waals surface area contributed by atoms with Crippen LogP contribution in [0.3, 0.4) is 0 Å². The van der Waals surface area contributed by atoms with Gasteiger partial charge in [0, 0.05) is 31.0 Å². The fraction of sp³-hybridized carbons (Fsp3) is 0.250. The van der Waals surface area contributed by atoms with Gasteiger partial charge >= 0.3 is 5.97 Å². The van der Waals surface area contributed by atoms with Crippen LogP contribution in [0.1, 0.15) is 39.0 Å². The van der Waals surface area contributed by atoms with Gasteiger partial charge in [0.25, 0.3) is 5.69 Å². The molecule has 9 nitrogen and oxygen atoms in total. The van der Waals surface area contributed by atoms with E-state index in [1.54, 1.807) is 25.5 Å².